The molecule has 0 saturated carbocycles. The van der Waals surface area contributed by atoms with Crippen molar-refractivity contribution in [2.75, 3.05) is 6.61 Å². The lowest BCUT2D eigenvalue weighted by atomic mass is 10.1. The lowest BCUT2D eigenvalue weighted by molar-refractivity contribution is 0.342. The second-order valence-electron chi connectivity index (χ2n) is 2.49. The van der Waals surface area contributed by atoms with E-state index in [0.717, 1.165) is 17.0 Å². The summed E-state index contributed by atoms with van der Waals surface area (Å²) in [7, 11) is 0. The highest BCUT2D eigenvalue weighted by Crippen LogP contribution is 2.11. The van der Waals surface area contributed by atoms with E-state index in [1.807, 2.05) is 30.3 Å². The molecule has 0 amide bonds. The fourth-order valence-corrected chi connectivity index (χ4v) is 1.17. The molecule has 0 aromatic heterocycles. The number of benzene rings is 1. The van der Waals surface area contributed by atoms with E-state index >= 15 is 0 Å². The Kier molecular flexibility index (Phi) is 3.85. The van der Waals surface area contributed by atoms with Gasteiger partial charge in [0.2, 0.25) is 0 Å². The van der Waals surface area contributed by atoms with Crippen LogP contribution in [0.15, 0.2) is 36.4 Å². The summed E-state index contributed by atoms with van der Waals surface area (Å²) in [4.78, 5) is 0. The maximum absolute atomic E-state index is 8.49. The first-order valence-corrected chi connectivity index (χ1v) is 4.21. The summed E-state index contributed by atoms with van der Waals surface area (Å²) in [6.45, 7) is 0.0978. The lowest BCUT2D eigenvalue weighted by Gasteiger charge is -1.95. The van der Waals surface area contributed by atoms with Gasteiger partial charge in [-0.25, -0.2) is 0 Å². The summed E-state index contributed by atoms with van der Waals surface area (Å²) in [6.07, 6.45) is 4.47. The monoisotopic (exact) mass is 182 g/mol. The molecule has 1 aromatic rings. The highest BCUT2D eigenvalue weighted by Gasteiger charge is 1.89. The fraction of sp³-hybridized carbons (Fsp3) is 0.200. The van der Waals surface area contributed by atoms with Gasteiger partial charge < -0.3 is 5.11 Å². The van der Waals surface area contributed by atoms with Crippen LogP contribution in [0.3, 0.4) is 0 Å². The summed E-state index contributed by atoms with van der Waals surface area (Å²) in [5.41, 5.74) is 1.16. The molecule has 0 heterocycles. The largest absolute Gasteiger partial charge is 0.392 e. The van der Waals surface area contributed by atoms with Crippen molar-refractivity contribution >= 4 is 11.6 Å². The second kappa shape index (κ2) is 4.96. The van der Waals surface area contributed by atoms with E-state index in [1.54, 1.807) is 6.08 Å². The molecule has 0 fully saturated rings. The maximum Gasteiger partial charge on any atom is 0.0612 e. The van der Waals surface area contributed by atoms with Gasteiger partial charge in [0.25, 0.3) is 0 Å². The second-order valence-corrected chi connectivity index (χ2v) is 2.92. The van der Waals surface area contributed by atoms with Crippen molar-refractivity contribution in [3.05, 3.63) is 47.0 Å². The van der Waals surface area contributed by atoms with E-state index in [-0.39, 0.29) is 6.61 Å². The fourth-order valence-electron chi connectivity index (χ4n) is 0.958. The van der Waals surface area contributed by atoms with Gasteiger partial charge in [0.15, 0.2) is 0 Å². The normalized spacial score (nSPS) is 10.8. The molecule has 1 aromatic carbocycles. The molecule has 0 unspecified atom stereocenters. The van der Waals surface area contributed by atoms with Crippen LogP contribution in [0.4, 0.5) is 0 Å². The van der Waals surface area contributed by atoms with E-state index in [1.165, 1.54) is 0 Å². The average molecular weight is 183 g/mol. The zero-order chi connectivity index (χ0) is 8.81. The van der Waals surface area contributed by atoms with Crippen LogP contribution in [0.5, 0.6) is 0 Å². The van der Waals surface area contributed by atoms with Gasteiger partial charge in [-0.3, -0.25) is 0 Å². The number of halogens is 1. The number of aliphatic hydroxyl groups is 1. The number of rotatable bonds is 3. The molecular formula is C10H11ClO. The molecule has 12 heavy (non-hydrogen) atoms. The van der Waals surface area contributed by atoms with Gasteiger partial charge in [-0.05, 0) is 24.1 Å². The van der Waals surface area contributed by atoms with Crippen molar-refractivity contribution in [3.8, 4) is 0 Å². The number of hydrogen-bond donors (Lipinski definition) is 1. The Morgan fingerprint density at radius 1 is 1.33 bits per heavy atom. The minimum Gasteiger partial charge on any atom is -0.392 e. The number of allylic oxidation sites excluding steroid dienone is 1. The molecule has 0 aliphatic carbocycles. The van der Waals surface area contributed by atoms with E-state index in [4.69, 9.17) is 16.7 Å². The zero-order valence-electron chi connectivity index (χ0n) is 6.70. The van der Waals surface area contributed by atoms with Crippen LogP contribution in [0.25, 0.3) is 0 Å². The predicted octanol–water partition coefficient (Wildman–Crippen LogP) is 2.43. The van der Waals surface area contributed by atoms with Crippen LogP contribution < -0.4 is 0 Å². The zero-order valence-corrected chi connectivity index (χ0v) is 7.46. The van der Waals surface area contributed by atoms with Crippen molar-refractivity contribution in [1.29, 1.82) is 0 Å². The molecule has 0 spiro atoms. The van der Waals surface area contributed by atoms with Gasteiger partial charge in [0.1, 0.15) is 0 Å². The van der Waals surface area contributed by atoms with Crippen LogP contribution in [0.1, 0.15) is 5.56 Å². The van der Waals surface area contributed by atoms with E-state index in [2.05, 4.69) is 0 Å². The predicted molar refractivity (Wildman–Crippen MR) is 51.4 cm³/mol. The first kappa shape index (κ1) is 9.30. The van der Waals surface area contributed by atoms with Crippen molar-refractivity contribution in [3.63, 3.8) is 0 Å². The minimum absolute atomic E-state index is 0.0978. The van der Waals surface area contributed by atoms with Crippen LogP contribution >= 0.6 is 11.6 Å². The minimum atomic E-state index is 0.0978. The molecule has 0 atom stereocenters. The Morgan fingerprint density at radius 3 is 2.83 bits per heavy atom. The number of aliphatic hydroxyl groups excluding tert-OH is 1. The van der Waals surface area contributed by atoms with Gasteiger partial charge in [0, 0.05) is 5.02 Å². The van der Waals surface area contributed by atoms with Crippen molar-refractivity contribution in [2.24, 2.45) is 0 Å². The van der Waals surface area contributed by atoms with Gasteiger partial charge >= 0.3 is 0 Å². The Labute approximate surface area is 77.3 Å². The van der Waals surface area contributed by atoms with Crippen LogP contribution in [0, 0.1) is 0 Å². The van der Waals surface area contributed by atoms with Gasteiger partial charge in [0.05, 0.1) is 6.61 Å². The van der Waals surface area contributed by atoms with Crippen LogP contribution in [0.2, 0.25) is 5.02 Å². The maximum atomic E-state index is 8.49. The van der Waals surface area contributed by atoms with Gasteiger partial charge in [-0.15, -0.1) is 0 Å². The highest BCUT2D eigenvalue weighted by atomic mass is 35.5. The van der Waals surface area contributed by atoms with Crippen molar-refractivity contribution in [1.82, 2.24) is 0 Å². The lowest BCUT2D eigenvalue weighted by Crippen LogP contribution is -1.80. The first-order valence-electron chi connectivity index (χ1n) is 3.83. The topological polar surface area (TPSA) is 20.2 Å². The van der Waals surface area contributed by atoms with Crippen LogP contribution in [-0.2, 0) is 6.42 Å². The third kappa shape index (κ3) is 3.07. The molecular weight excluding hydrogens is 172 g/mol. The van der Waals surface area contributed by atoms with E-state index in [9.17, 15) is 0 Å². The first-order chi connectivity index (χ1) is 5.83. The molecule has 1 N–H and O–H groups in total. The summed E-state index contributed by atoms with van der Waals surface area (Å²) < 4.78 is 0. The van der Waals surface area contributed by atoms with Crippen LogP contribution in [-0.4, -0.2) is 11.7 Å². The SMILES string of the molecule is OCC=CCc1cccc(Cl)c1. The Balaban J connectivity index is 2.57. The molecule has 0 radical (unpaired) electrons. The number of hydrogen-bond acceptors (Lipinski definition) is 1. The van der Waals surface area contributed by atoms with E-state index in [0.29, 0.717) is 0 Å². The molecule has 0 saturated heterocycles. The average Bonchev–Trinajstić information content (AvgIpc) is 2.05. The standard InChI is InChI=1S/C10H11ClO/c11-10-6-3-5-9(8-10)4-1-2-7-12/h1-3,5-6,8,12H,4,7H2. The molecule has 0 aliphatic heterocycles. The Hall–Kier alpha value is -0.790. The van der Waals surface area contributed by atoms with Crippen molar-refractivity contribution in [2.45, 2.75) is 6.42 Å². The summed E-state index contributed by atoms with van der Waals surface area (Å²) in [6, 6.07) is 7.70. The molecule has 64 valence electrons. The summed E-state index contributed by atoms with van der Waals surface area (Å²) in [5.74, 6) is 0. The Bertz CT molecular complexity index is 268. The molecule has 2 heteroatoms. The molecule has 0 bridgehead atoms. The molecule has 1 nitrogen and oxygen atoms in total. The quantitative estimate of drug-likeness (QED) is 0.712. The third-order valence-electron chi connectivity index (χ3n) is 1.51. The third-order valence-corrected chi connectivity index (χ3v) is 1.75. The highest BCUT2D eigenvalue weighted by molar-refractivity contribution is 6.30. The van der Waals surface area contributed by atoms with Gasteiger partial charge in [-0.1, -0.05) is 35.9 Å². The molecule has 1 rings (SSSR count). The molecule has 0 aliphatic rings. The van der Waals surface area contributed by atoms with Gasteiger partial charge in [-0.2, -0.15) is 0 Å². The smallest absolute Gasteiger partial charge is 0.0612 e. The summed E-state index contributed by atoms with van der Waals surface area (Å²) >= 11 is 5.78. The van der Waals surface area contributed by atoms with Crippen molar-refractivity contribution < 1.29 is 5.11 Å². The Morgan fingerprint density at radius 2 is 2.17 bits per heavy atom. The summed E-state index contributed by atoms with van der Waals surface area (Å²) in [5, 5.41) is 9.24. The van der Waals surface area contributed by atoms with E-state index < -0.39 is 0 Å².